The van der Waals surface area contributed by atoms with Gasteiger partial charge >= 0.3 is 0 Å². The number of fused-ring (bicyclic) bond motifs is 1. The zero-order valence-electron chi connectivity index (χ0n) is 12.6. The van der Waals surface area contributed by atoms with Crippen molar-refractivity contribution in [3.63, 3.8) is 0 Å². The summed E-state index contributed by atoms with van der Waals surface area (Å²) in [7, 11) is 0. The highest BCUT2D eigenvalue weighted by Crippen LogP contribution is 2.36. The average Bonchev–Trinajstić information content (AvgIpc) is 3.04. The Morgan fingerprint density at radius 2 is 1.81 bits per heavy atom. The minimum atomic E-state index is 0.803. The largest absolute Gasteiger partial charge is 0.338 e. The Hall–Kier alpha value is -1.20. The molecule has 2 aliphatic heterocycles. The minimum Gasteiger partial charge on any atom is -0.338 e. The van der Waals surface area contributed by atoms with Gasteiger partial charge in [-0.25, -0.2) is 9.97 Å². The summed E-state index contributed by atoms with van der Waals surface area (Å²) in [6, 6.07) is 2.69. The van der Waals surface area contributed by atoms with E-state index < -0.39 is 0 Å². The highest BCUT2D eigenvalue weighted by molar-refractivity contribution is 5.29. The molecule has 3 unspecified atom stereocenters. The Labute approximate surface area is 126 Å². The summed E-state index contributed by atoms with van der Waals surface area (Å²) in [6.07, 6.45) is 7.92. The van der Waals surface area contributed by atoms with Crippen LogP contribution in [0.15, 0.2) is 18.5 Å². The second-order valence-electron chi connectivity index (χ2n) is 6.65. The third-order valence-corrected chi connectivity index (χ3v) is 5.58. The lowest BCUT2D eigenvalue weighted by atomic mass is 9.77. The number of hydrogen-bond donors (Lipinski definition) is 1. The van der Waals surface area contributed by atoms with E-state index in [9.17, 15) is 0 Å². The second-order valence-corrected chi connectivity index (χ2v) is 6.65. The van der Waals surface area contributed by atoms with Crippen LogP contribution in [-0.2, 0) is 0 Å². The summed E-state index contributed by atoms with van der Waals surface area (Å²) in [5, 5.41) is 3.61. The molecular formula is C16H25N5. The number of piperazine rings is 1. The zero-order valence-corrected chi connectivity index (χ0v) is 12.6. The molecule has 3 aliphatic rings. The highest BCUT2D eigenvalue weighted by Gasteiger charge is 2.39. The molecule has 0 amide bonds. The molecular weight excluding hydrogens is 262 g/mol. The molecule has 1 aliphatic carbocycles. The molecule has 0 radical (unpaired) electrons. The van der Waals surface area contributed by atoms with Crippen molar-refractivity contribution >= 4 is 5.95 Å². The molecule has 5 heteroatoms. The second kappa shape index (κ2) is 5.89. The first kappa shape index (κ1) is 13.5. The topological polar surface area (TPSA) is 44.3 Å². The van der Waals surface area contributed by atoms with Gasteiger partial charge in [0.25, 0.3) is 0 Å². The molecule has 2 saturated heterocycles. The summed E-state index contributed by atoms with van der Waals surface area (Å²) in [4.78, 5) is 13.8. The van der Waals surface area contributed by atoms with E-state index in [1.54, 1.807) is 0 Å². The minimum absolute atomic E-state index is 0.803. The van der Waals surface area contributed by atoms with E-state index in [2.05, 4.69) is 25.1 Å². The predicted molar refractivity (Wildman–Crippen MR) is 83.3 cm³/mol. The maximum absolute atomic E-state index is 4.38. The van der Waals surface area contributed by atoms with Gasteiger partial charge in [-0.2, -0.15) is 0 Å². The van der Waals surface area contributed by atoms with Crippen molar-refractivity contribution in [1.82, 2.24) is 20.2 Å². The molecule has 1 N–H and O–H groups in total. The molecule has 5 nitrogen and oxygen atoms in total. The number of aromatic nitrogens is 2. The maximum Gasteiger partial charge on any atom is 0.225 e. The first-order valence-electron chi connectivity index (χ1n) is 8.38. The molecule has 3 atom stereocenters. The van der Waals surface area contributed by atoms with Gasteiger partial charge in [-0.3, -0.25) is 4.90 Å². The Morgan fingerprint density at radius 3 is 2.62 bits per heavy atom. The Kier molecular flexibility index (Phi) is 3.78. The lowest BCUT2D eigenvalue weighted by Gasteiger charge is -2.44. The third kappa shape index (κ3) is 2.64. The average molecular weight is 287 g/mol. The van der Waals surface area contributed by atoms with Crippen molar-refractivity contribution in [2.75, 3.05) is 44.2 Å². The van der Waals surface area contributed by atoms with Gasteiger partial charge < -0.3 is 10.2 Å². The van der Waals surface area contributed by atoms with Gasteiger partial charge in [0.05, 0.1) is 0 Å². The molecule has 1 aromatic rings. The fourth-order valence-electron chi connectivity index (χ4n) is 4.48. The van der Waals surface area contributed by atoms with Gasteiger partial charge in [0.1, 0.15) is 0 Å². The standard InChI is InChI=1S/C16H25N5/c1-3-13-11-17-12-14(13)15(4-1)20-7-9-21(10-8-20)16-18-5-2-6-19-16/h2,5-6,13-15,17H,1,3-4,7-12H2. The monoisotopic (exact) mass is 287 g/mol. The normalized spacial score (nSPS) is 33.9. The van der Waals surface area contributed by atoms with E-state index in [0.717, 1.165) is 50.0 Å². The quantitative estimate of drug-likeness (QED) is 0.879. The molecule has 114 valence electrons. The first-order chi connectivity index (χ1) is 10.4. The Balaban J connectivity index is 1.39. The van der Waals surface area contributed by atoms with Crippen molar-refractivity contribution in [2.24, 2.45) is 11.8 Å². The van der Waals surface area contributed by atoms with Crippen LogP contribution in [0.25, 0.3) is 0 Å². The van der Waals surface area contributed by atoms with E-state index in [-0.39, 0.29) is 0 Å². The van der Waals surface area contributed by atoms with Crippen molar-refractivity contribution in [1.29, 1.82) is 0 Å². The summed E-state index contributed by atoms with van der Waals surface area (Å²) in [6.45, 7) is 6.92. The van der Waals surface area contributed by atoms with Crippen LogP contribution in [0.4, 0.5) is 5.95 Å². The highest BCUT2D eigenvalue weighted by atomic mass is 15.3. The van der Waals surface area contributed by atoms with Crippen molar-refractivity contribution in [3.05, 3.63) is 18.5 Å². The van der Waals surface area contributed by atoms with Crippen LogP contribution in [0.1, 0.15) is 19.3 Å². The molecule has 3 fully saturated rings. The fourth-order valence-corrected chi connectivity index (χ4v) is 4.48. The Bertz CT molecular complexity index is 457. The summed E-state index contributed by atoms with van der Waals surface area (Å²) >= 11 is 0. The van der Waals surface area contributed by atoms with E-state index >= 15 is 0 Å². The van der Waals surface area contributed by atoms with E-state index in [0.29, 0.717) is 0 Å². The number of nitrogens with one attached hydrogen (secondary N) is 1. The lowest BCUT2D eigenvalue weighted by Crippen LogP contribution is -2.54. The van der Waals surface area contributed by atoms with Gasteiger partial charge in [0.2, 0.25) is 5.95 Å². The maximum atomic E-state index is 4.38. The molecule has 3 heterocycles. The van der Waals surface area contributed by atoms with Crippen LogP contribution in [-0.4, -0.2) is 60.2 Å². The van der Waals surface area contributed by atoms with Crippen LogP contribution in [0, 0.1) is 11.8 Å². The van der Waals surface area contributed by atoms with Crippen LogP contribution in [0.2, 0.25) is 0 Å². The van der Waals surface area contributed by atoms with E-state index in [4.69, 9.17) is 0 Å². The molecule has 21 heavy (non-hydrogen) atoms. The van der Waals surface area contributed by atoms with Crippen LogP contribution >= 0.6 is 0 Å². The van der Waals surface area contributed by atoms with Crippen molar-refractivity contribution in [3.8, 4) is 0 Å². The van der Waals surface area contributed by atoms with Crippen LogP contribution in [0.3, 0.4) is 0 Å². The number of rotatable bonds is 2. The number of nitrogens with zero attached hydrogens (tertiary/aromatic N) is 4. The summed E-state index contributed by atoms with van der Waals surface area (Å²) in [5.41, 5.74) is 0. The van der Waals surface area contributed by atoms with E-state index in [1.165, 1.54) is 32.4 Å². The molecule has 4 rings (SSSR count). The van der Waals surface area contributed by atoms with Gasteiger partial charge in [0, 0.05) is 44.6 Å². The molecule has 0 spiro atoms. The molecule has 0 aromatic carbocycles. The van der Waals surface area contributed by atoms with Crippen LogP contribution in [0.5, 0.6) is 0 Å². The van der Waals surface area contributed by atoms with Gasteiger partial charge in [-0.15, -0.1) is 0 Å². The van der Waals surface area contributed by atoms with E-state index in [1.807, 2.05) is 18.5 Å². The van der Waals surface area contributed by atoms with Gasteiger partial charge in [-0.05, 0) is 43.8 Å². The number of hydrogen-bond acceptors (Lipinski definition) is 5. The predicted octanol–water partition coefficient (Wildman–Crippen LogP) is 0.987. The molecule has 1 saturated carbocycles. The lowest BCUT2D eigenvalue weighted by molar-refractivity contribution is 0.0836. The SMILES string of the molecule is c1cnc(N2CCN(C3CCCC4CNCC43)CC2)nc1. The third-order valence-electron chi connectivity index (χ3n) is 5.58. The van der Waals surface area contributed by atoms with Crippen LogP contribution < -0.4 is 10.2 Å². The van der Waals surface area contributed by atoms with Gasteiger partial charge in [0.15, 0.2) is 0 Å². The Morgan fingerprint density at radius 1 is 1.00 bits per heavy atom. The van der Waals surface area contributed by atoms with Crippen molar-refractivity contribution in [2.45, 2.75) is 25.3 Å². The van der Waals surface area contributed by atoms with Crippen molar-refractivity contribution < 1.29 is 0 Å². The van der Waals surface area contributed by atoms with Gasteiger partial charge in [-0.1, -0.05) is 6.42 Å². The summed E-state index contributed by atoms with van der Waals surface area (Å²) < 4.78 is 0. The fraction of sp³-hybridized carbons (Fsp3) is 0.750. The molecule has 1 aromatic heterocycles. The molecule has 0 bridgehead atoms. The smallest absolute Gasteiger partial charge is 0.225 e. The first-order valence-corrected chi connectivity index (χ1v) is 8.38. The zero-order chi connectivity index (χ0) is 14.1. The number of anilines is 1. The summed E-state index contributed by atoms with van der Waals surface area (Å²) in [5.74, 6) is 2.71.